The minimum Gasteiger partial charge on any atom is -0.370 e. The molecule has 3 nitrogen and oxygen atoms in total. The van der Waals surface area contributed by atoms with Gasteiger partial charge in [0.05, 0.1) is 0 Å². The van der Waals surface area contributed by atoms with Crippen LogP contribution < -0.4 is 5.73 Å². The van der Waals surface area contributed by atoms with E-state index in [1.807, 2.05) is 0 Å². The smallest absolute Gasteiger partial charge is 0.218 e. The number of hydrogen-bond donors (Lipinski definition) is 1. The summed E-state index contributed by atoms with van der Waals surface area (Å²) in [4.78, 5) is 13.1. The van der Waals surface area contributed by atoms with Gasteiger partial charge in [0.15, 0.2) is 0 Å². The van der Waals surface area contributed by atoms with E-state index in [2.05, 4.69) is 4.90 Å². The highest BCUT2D eigenvalue weighted by Gasteiger charge is 2.35. The molecule has 2 aliphatic rings. The molecule has 3 heteroatoms. The molecule has 1 amide bonds. The van der Waals surface area contributed by atoms with E-state index in [1.165, 1.54) is 58.0 Å². The second-order valence-electron chi connectivity index (χ2n) is 5.62. The molecule has 0 bridgehead atoms. The van der Waals surface area contributed by atoms with Crippen molar-refractivity contribution in [3.05, 3.63) is 0 Å². The number of nitrogens with two attached hydrogens (primary N) is 1. The quantitative estimate of drug-likeness (QED) is 0.796. The van der Waals surface area contributed by atoms with Crippen LogP contribution in [-0.4, -0.2) is 30.4 Å². The number of piperidine rings is 1. The van der Waals surface area contributed by atoms with Gasteiger partial charge in [0.25, 0.3) is 0 Å². The van der Waals surface area contributed by atoms with E-state index in [-0.39, 0.29) is 5.91 Å². The van der Waals surface area contributed by atoms with Crippen LogP contribution in [0.4, 0.5) is 0 Å². The Kier molecular flexibility index (Phi) is 3.85. The first-order valence-electron chi connectivity index (χ1n) is 6.71. The second kappa shape index (κ2) is 5.17. The van der Waals surface area contributed by atoms with Gasteiger partial charge in [-0.05, 0) is 44.2 Å². The van der Waals surface area contributed by atoms with E-state index in [0.717, 1.165) is 6.54 Å². The second-order valence-corrected chi connectivity index (χ2v) is 5.62. The van der Waals surface area contributed by atoms with Crippen molar-refractivity contribution < 1.29 is 4.79 Å². The van der Waals surface area contributed by atoms with Gasteiger partial charge in [0, 0.05) is 13.0 Å². The average Bonchev–Trinajstić information content (AvgIpc) is 2.29. The van der Waals surface area contributed by atoms with Gasteiger partial charge < -0.3 is 10.6 Å². The van der Waals surface area contributed by atoms with E-state index in [4.69, 9.17) is 5.73 Å². The van der Waals surface area contributed by atoms with Crippen LogP contribution in [0.2, 0.25) is 0 Å². The number of likely N-dealkylation sites (tertiary alicyclic amines) is 1. The van der Waals surface area contributed by atoms with Gasteiger partial charge in [0.1, 0.15) is 0 Å². The fourth-order valence-electron chi connectivity index (χ4n) is 3.32. The molecule has 0 unspecified atom stereocenters. The molecule has 2 N–H and O–H groups in total. The van der Waals surface area contributed by atoms with Crippen LogP contribution in [0.15, 0.2) is 0 Å². The lowest BCUT2D eigenvalue weighted by Crippen LogP contribution is -2.42. The van der Waals surface area contributed by atoms with Crippen LogP contribution in [0.5, 0.6) is 0 Å². The Labute approximate surface area is 98.4 Å². The number of primary amides is 1. The molecule has 92 valence electrons. The first-order valence-corrected chi connectivity index (χ1v) is 6.71. The van der Waals surface area contributed by atoms with E-state index in [0.29, 0.717) is 11.8 Å². The Morgan fingerprint density at radius 2 is 1.69 bits per heavy atom. The van der Waals surface area contributed by atoms with Crippen molar-refractivity contribution in [1.82, 2.24) is 4.90 Å². The maximum atomic E-state index is 10.7. The highest BCUT2D eigenvalue weighted by Crippen LogP contribution is 2.44. The van der Waals surface area contributed by atoms with Crippen LogP contribution >= 0.6 is 0 Å². The van der Waals surface area contributed by atoms with Gasteiger partial charge in [-0.15, -0.1) is 0 Å². The number of hydrogen-bond acceptors (Lipinski definition) is 2. The molecule has 0 aromatic rings. The van der Waals surface area contributed by atoms with E-state index in [1.54, 1.807) is 0 Å². The lowest BCUT2D eigenvalue weighted by molar-refractivity contribution is -0.118. The molecular formula is C13H24N2O. The van der Waals surface area contributed by atoms with Crippen molar-refractivity contribution in [3.63, 3.8) is 0 Å². The van der Waals surface area contributed by atoms with E-state index < -0.39 is 0 Å². The SMILES string of the molecule is NC(=O)CCN1CCC2(CCCCC2)CC1. The Morgan fingerprint density at radius 1 is 1.06 bits per heavy atom. The summed E-state index contributed by atoms with van der Waals surface area (Å²) in [6, 6.07) is 0. The van der Waals surface area contributed by atoms with E-state index >= 15 is 0 Å². The number of nitrogens with zero attached hydrogens (tertiary/aromatic N) is 1. The van der Waals surface area contributed by atoms with Gasteiger partial charge in [-0.1, -0.05) is 19.3 Å². The normalized spacial score (nSPS) is 25.8. The summed E-state index contributed by atoms with van der Waals surface area (Å²) < 4.78 is 0. The predicted octanol–water partition coefficient (Wildman–Crippen LogP) is 1.91. The largest absolute Gasteiger partial charge is 0.370 e. The van der Waals surface area contributed by atoms with Crippen molar-refractivity contribution in [2.24, 2.45) is 11.1 Å². The van der Waals surface area contributed by atoms with E-state index in [9.17, 15) is 4.79 Å². The predicted molar refractivity (Wildman–Crippen MR) is 65.0 cm³/mol. The molecule has 1 spiro atoms. The first-order chi connectivity index (χ1) is 7.70. The standard InChI is InChI=1S/C13H24N2O/c14-12(16)4-9-15-10-7-13(8-11-15)5-2-1-3-6-13/h1-11H2,(H2,14,16). The third-order valence-electron chi connectivity index (χ3n) is 4.51. The zero-order valence-corrected chi connectivity index (χ0v) is 10.2. The van der Waals surface area contributed by atoms with Crippen LogP contribution in [0.25, 0.3) is 0 Å². The molecule has 2 fully saturated rings. The Balaban J connectivity index is 1.75. The van der Waals surface area contributed by atoms with Crippen LogP contribution in [0.3, 0.4) is 0 Å². The summed E-state index contributed by atoms with van der Waals surface area (Å²) in [5.41, 5.74) is 5.85. The van der Waals surface area contributed by atoms with Gasteiger partial charge in [0.2, 0.25) is 5.91 Å². The van der Waals surface area contributed by atoms with Crippen molar-refractivity contribution in [2.75, 3.05) is 19.6 Å². The lowest BCUT2D eigenvalue weighted by atomic mass is 9.68. The topological polar surface area (TPSA) is 46.3 Å². The van der Waals surface area contributed by atoms with Crippen LogP contribution in [-0.2, 0) is 4.79 Å². The molecule has 1 heterocycles. The summed E-state index contributed by atoms with van der Waals surface area (Å²) >= 11 is 0. The van der Waals surface area contributed by atoms with Crippen molar-refractivity contribution >= 4 is 5.91 Å². The van der Waals surface area contributed by atoms with Crippen molar-refractivity contribution in [2.45, 2.75) is 51.4 Å². The highest BCUT2D eigenvalue weighted by molar-refractivity contribution is 5.73. The summed E-state index contributed by atoms with van der Waals surface area (Å²) in [6.07, 6.45) is 10.4. The number of rotatable bonds is 3. The summed E-state index contributed by atoms with van der Waals surface area (Å²) in [6.45, 7) is 3.21. The molecular weight excluding hydrogens is 200 g/mol. The first kappa shape index (κ1) is 11.9. The summed E-state index contributed by atoms with van der Waals surface area (Å²) in [7, 11) is 0. The maximum absolute atomic E-state index is 10.7. The molecule has 16 heavy (non-hydrogen) atoms. The molecule has 0 aromatic carbocycles. The van der Waals surface area contributed by atoms with Crippen LogP contribution in [0, 0.1) is 5.41 Å². The summed E-state index contributed by atoms with van der Waals surface area (Å²) in [5, 5.41) is 0. The third kappa shape index (κ3) is 2.97. The third-order valence-corrected chi connectivity index (χ3v) is 4.51. The number of carbonyl (C=O) groups is 1. The average molecular weight is 224 g/mol. The molecule has 0 atom stereocenters. The molecule has 0 aromatic heterocycles. The minimum atomic E-state index is -0.169. The van der Waals surface area contributed by atoms with Gasteiger partial charge >= 0.3 is 0 Å². The molecule has 1 aliphatic carbocycles. The molecule has 1 aliphatic heterocycles. The zero-order chi connectivity index (χ0) is 11.4. The number of amides is 1. The van der Waals surface area contributed by atoms with Gasteiger partial charge in [-0.2, -0.15) is 0 Å². The Morgan fingerprint density at radius 3 is 2.25 bits per heavy atom. The maximum Gasteiger partial charge on any atom is 0.218 e. The molecule has 0 radical (unpaired) electrons. The van der Waals surface area contributed by atoms with Crippen molar-refractivity contribution in [3.8, 4) is 0 Å². The van der Waals surface area contributed by atoms with Gasteiger partial charge in [-0.25, -0.2) is 0 Å². The monoisotopic (exact) mass is 224 g/mol. The zero-order valence-electron chi connectivity index (χ0n) is 10.2. The molecule has 2 rings (SSSR count). The number of carbonyl (C=O) groups excluding carboxylic acids is 1. The fraction of sp³-hybridized carbons (Fsp3) is 0.923. The minimum absolute atomic E-state index is 0.169. The highest BCUT2D eigenvalue weighted by atomic mass is 16.1. The Bertz CT molecular complexity index is 236. The summed E-state index contributed by atoms with van der Waals surface area (Å²) in [5.74, 6) is -0.169. The van der Waals surface area contributed by atoms with Crippen molar-refractivity contribution in [1.29, 1.82) is 0 Å². The lowest BCUT2D eigenvalue weighted by Gasteiger charge is -2.44. The fourth-order valence-corrected chi connectivity index (χ4v) is 3.32. The molecule has 1 saturated carbocycles. The van der Waals surface area contributed by atoms with Gasteiger partial charge in [-0.3, -0.25) is 4.79 Å². The molecule has 1 saturated heterocycles. The Hall–Kier alpha value is -0.570. The van der Waals surface area contributed by atoms with Crippen LogP contribution in [0.1, 0.15) is 51.4 Å².